The standard InChI is InChI=1S/C21H20N4O4/c1-3-29-20(27)16-6-4-5-7-17(16)24-18-12-13-22-21(25-18)23-15-10-8-14(9-11-15)19(26)28-2/h4-13H,3H2,1-2H3,(H2,22,23,24,25). The van der Waals surface area contributed by atoms with Gasteiger partial charge in [0.1, 0.15) is 5.82 Å². The first kappa shape index (κ1) is 19.8. The molecule has 0 aliphatic rings. The van der Waals surface area contributed by atoms with Crippen LogP contribution in [0.3, 0.4) is 0 Å². The summed E-state index contributed by atoms with van der Waals surface area (Å²) in [5, 5.41) is 6.18. The van der Waals surface area contributed by atoms with Crippen LogP contribution in [0.2, 0.25) is 0 Å². The van der Waals surface area contributed by atoms with Crippen molar-refractivity contribution >= 4 is 35.1 Å². The highest BCUT2D eigenvalue weighted by molar-refractivity contribution is 5.96. The summed E-state index contributed by atoms with van der Waals surface area (Å²) in [4.78, 5) is 32.2. The Labute approximate surface area is 167 Å². The average molecular weight is 392 g/mol. The Hall–Kier alpha value is -3.94. The van der Waals surface area contributed by atoms with Crippen molar-refractivity contribution in [2.45, 2.75) is 6.92 Å². The van der Waals surface area contributed by atoms with Crippen molar-refractivity contribution in [2.24, 2.45) is 0 Å². The molecular weight excluding hydrogens is 372 g/mol. The summed E-state index contributed by atoms with van der Waals surface area (Å²) in [6, 6.07) is 15.5. The minimum absolute atomic E-state index is 0.295. The van der Waals surface area contributed by atoms with E-state index in [0.29, 0.717) is 40.9 Å². The maximum Gasteiger partial charge on any atom is 0.340 e. The number of aromatic nitrogens is 2. The fourth-order valence-electron chi connectivity index (χ4n) is 2.54. The third kappa shape index (κ3) is 5.07. The third-order valence-corrected chi connectivity index (χ3v) is 3.90. The van der Waals surface area contributed by atoms with E-state index in [1.807, 2.05) is 6.07 Å². The minimum Gasteiger partial charge on any atom is -0.465 e. The molecule has 0 amide bonds. The van der Waals surface area contributed by atoms with Crippen LogP contribution in [-0.2, 0) is 9.47 Å². The van der Waals surface area contributed by atoms with Crippen LogP contribution in [0.1, 0.15) is 27.6 Å². The molecule has 0 aliphatic heterocycles. The van der Waals surface area contributed by atoms with E-state index in [1.165, 1.54) is 7.11 Å². The van der Waals surface area contributed by atoms with Gasteiger partial charge in [0.05, 0.1) is 30.5 Å². The van der Waals surface area contributed by atoms with Crippen LogP contribution in [0.25, 0.3) is 0 Å². The number of rotatable bonds is 7. The van der Waals surface area contributed by atoms with Gasteiger partial charge in [0.2, 0.25) is 5.95 Å². The van der Waals surface area contributed by atoms with Gasteiger partial charge in [0.15, 0.2) is 0 Å². The molecule has 0 saturated heterocycles. The molecule has 0 atom stereocenters. The molecular formula is C21H20N4O4. The van der Waals surface area contributed by atoms with Crippen LogP contribution in [0, 0.1) is 0 Å². The van der Waals surface area contributed by atoms with Crippen molar-refractivity contribution in [3.63, 3.8) is 0 Å². The molecule has 148 valence electrons. The molecule has 3 aromatic rings. The topological polar surface area (TPSA) is 102 Å². The van der Waals surface area contributed by atoms with Crippen molar-refractivity contribution in [1.29, 1.82) is 0 Å². The summed E-state index contributed by atoms with van der Waals surface area (Å²) in [7, 11) is 1.33. The normalized spacial score (nSPS) is 10.1. The Morgan fingerprint density at radius 1 is 0.966 bits per heavy atom. The molecule has 8 heteroatoms. The molecule has 0 spiro atoms. The predicted octanol–water partition coefficient (Wildman–Crippen LogP) is 3.93. The molecule has 0 aliphatic carbocycles. The molecule has 0 saturated carbocycles. The van der Waals surface area contributed by atoms with E-state index in [2.05, 4.69) is 25.3 Å². The van der Waals surface area contributed by atoms with Crippen LogP contribution in [0.4, 0.5) is 23.1 Å². The summed E-state index contributed by atoms with van der Waals surface area (Å²) < 4.78 is 9.77. The van der Waals surface area contributed by atoms with Crippen molar-refractivity contribution in [3.05, 3.63) is 71.9 Å². The molecule has 0 unspecified atom stereocenters. The number of hydrogen-bond acceptors (Lipinski definition) is 8. The molecule has 3 rings (SSSR count). The van der Waals surface area contributed by atoms with Gasteiger partial charge in [-0.2, -0.15) is 4.98 Å². The number of nitrogens with zero attached hydrogens (tertiary/aromatic N) is 2. The Morgan fingerprint density at radius 2 is 1.72 bits per heavy atom. The number of ether oxygens (including phenoxy) is 2. The number of carbonyl (C=O) groups excluding carboxylic acids is 2. The summed E-state index contributed by atoms with van der Waals surface area (Å²) >= 11 is 0. The molecule has 1 aromatic heterocycles. The first-order valence-corrected chi connectivity index (χ1v) is 8.92. The van der Waals surface area contributed by atoms with Gasteiger partial charge in [-0.15, -0.1) is 0 Å². The third-order valence-electron chi connectivity index (χ3n) is 3.90. The number of hydrogen-bond donors (Lipinski definition) is 2. The van der Waals surface area contributed by atoms with Gasteiger partial charge >= 0.3 is 11.9 Å². The smallest absolute Gasteiger partial charge is 0.340 e. The molecule has 8 nitrogen and oxygen atoms in total. The number of esters is 2. The molecule has 2 N–H and O–H groups in total. The number of nitrogens with one attached hydrogen (secondary N) is 2. The Morgan fingerprint density at radius 3 is 2.45 bits per heavy atom. The lowest BCUT2D eigenvalue weighted by Gasteiger charge is -2.12. The van der Waals surface area contributed by atoms with Gasteiger partial charge in [-0.3, -0.25) is 0 Å². The lowest BCUT2D eigenvalue weighted by atomic mass is 10.2. The van der Waals surface area contributed by atoms with E-state index in [9.17, 15) is 9.59 Å². The van der Waals surface area contributed by atoms with Crippen LogP contribution in [0.15, 0.2) is 60.8 Å². The van der Waals surface area contributed by atoms with E-state index in [0.717, 1.165) is 0 Å². The van der Waals surface area contributed by atoms with E-state index in [1.54, 1.807) is 61.7 Å². The zero-order valence-electron chi connectivity index (χ0n) is 16.0. The van der Waals surface area contributed by atoms with E-state index < -0.39 is 11.9 Å². The van der Waals surface area contributed by atoms with Crippen LogP contribution >= 0.6 is 0 Å². The Kier molecular flexibility index (Phi) is 6.36. The number of methoxy groups -OCH3 is 1. The number of benzene rings is 2. The van der Waals surface area contributed by atoms with Crippen molar-refractivity contribution in [3.8, 4) is 0 Å². The molecule has 2 aromatic carbocycles. The molecule has 0 bridgehead atoms. The van der Waals surface area contributed by atoms with Gasteiger partial charge in [-0.1, -0.05) is 12.1 Å². The Bertz CT molecular complexity index is 1010. The highest BCUT2D eigenvalue weighted by atomic mass is 16.5. The minimum atomic E-state index is -0.409. The number of para-hydroxylation sites is 1. The van der Waals surface area contributed by atoms with E-state index in [-0.39, 0.29) is 0 Å². The van der Waals surface area contributed by atoms with Crippen molar-refractivity contribution in [1.82, 2.24) is 9.97 Å². The summed E-state index contributed by atoms with van der Waals surface area (Å²) in [5.74, 6) is 0.0489. The molecule has 1 heterocycles. The number of carbonyl (C=O) groups is 2. The fourth-order valence-corrected chi connectivity index (χ4v) is 2.54. The van der Waals surface area contributed by atoms with Gasteiger partial charge < -0.3 is 20.1 Å². The summed E-state index contributed by atoms with van der Waals surface area (Å²) in [5.41, 5.74) is 2.16. The first-order valence-electron chi connectivity index (χ1n) is 8.92. The maximum absolute atomic E-state index is 12.1. The van der Waals surface area contributed by atoms with Gasteiger partial charge in [0.25, 0.3) is 0 Å². The number of anilines is 4. The maximum atomic E-state index is 12.1. The Balaban J connectivity index is 1.75. The predicted molar refractivity (Wildman–Crippen MR) is 109 cm³/mol. The van der Waals surface area contributed by atoms with E-state index in [4.69, 9.17) is 4.74 Å². The first-order chi connectivity index (χ1) is 14.1. The van der Waals surface area contributed by atoms with Gasteiger partial charge in [-0.05, 0) is 49.4 Å². The second kappa shape index (κ2) is 9.32. The quantitative estimate of drug-likeness (QED) is 0.583. The highest BCUT2D eigenvalue weighted by Gasteiger charge is 2.12. The average Bonchev–Trinajstić information content (AvgIpc) is 2.74. The molecule has 29 heavy (non-hydrogen) atoms. The lowest BCUT2D eigenvalue weighted by molar-refractivity contribution is 0.0526. The summed E-state index contributed by atoms with van der Waals surface area (Å²) in [6.07, 6.45) is 1.59. The lowest BCUT2D eigenvalue weighted by Crippen LogP contribution is -2.08. The molecule has 0 fully saturated rings. The van der Waals surface area contributed by atoms with Crippen LogP contribution in [0.5, 0.6) is 0 Å². The SMILES string of the molecule is CCOC(=O)c1ccccc1Nc1ccnc(Nc2ccc(C(=O)OC)cc2)n1. The monoisotopic (exact) mass is 392 g/mol. The zero-order valence-corrected chi connectivity index (χ0v) is 16.0. The fraction of sp³-hybridized carbons (Fsp3) is 0.143. The van der Waals surface area contributed by atoms with Crippen LogP contribution in [-0.4, -0.2) is 35.6 Å². The van der Waals surface area contributed by atoms with Gasteiger partial charge in [-0.25, -0.2) is 14.6 Å². The highest BCUT2D eigenvalue weighted by Crippen LogP contribution is 2.22. The van der Waals surface area contributed by atoms with Gasteiger partial charge in [0, 0.05) is 11.9 Å². The summed E-state index contributed by atoms with van der Waals surface area (Å²) in [6.45, 7) is 2.05. The van der Waals surface area contributed by atoms with Crippen molar-refractivity contribution in [2.75, 3.05) is 24.4 Å². The second-order valence-corrected chi connectivity index (χ2v) is 5.85. The molecule has 0 radical (unpaired) electrons. The van der Waals surface area contributed by atoms with Crippen molar-refractivity contribution < 1.29 is 19.1 Å². The zero-order chi connectivity index (χ0) is 20.6. The largest absolute Gasteiger partial charge is 0.465 e. The van der Waals surface area contributed by atoms with E-state index >= 15 is 0 Å². The second-order valence-electron chi connectivity index (χ2n) is 5.85. The van der Waals surface area contributed by atoms with Crippen LogP contribution < -0.4 is 10.6 Å².